The van der Waals surface area contributed by atoms with Gasteiger partial charge in [0, 0.05) is 12.6 Å². The Hall–Kier alpha value is -3.84. The molecule has 28 heavy (non-hydrogen) atoms. The van der Waals surface area contributed by atoms with E-state index in [0.29, 0.717) is 18.0 Å². The lowest BCUT2D eigenvalue weighted by Crippen LogP contribution is -1.98. The Kier molecular flexibility index (Phi) is 4.90. The molecule has 0 aliphatic carbocycles. The third-order valence-electron chi connectivity index (χ3n) is 4.60. The lowest BCUT2D eigenvalue weighted by molar-refractivity contribution is 0.305. The number of aryl methyl sites for hydroxylation is 1. The third kappa shape index (κ3) is 3.51. The first kappa shape index (κ1) is 17.6. The molecule has 0 aliphatic rings. The van der Waals surface area contributed by atoms with Crippen LogP contribution >= 0.6 is 0 Å². The van der Waals surface area contributed by atoms with Crippen LogP contribution in [0, 0.1) is 11.3 Å². The average Bonchev–Trinajstić information content (AvgIpc) is 3.08. The lowest BCUT2D eigenvalue weighted by Gasteiger charge is -2.10. The average molecular weight is 365 g/mol. The minimum atomic E-state index is 0.472. The molecule has 4 nitrogen and oxygen atoms in total. The lowest BCUT2D eigenvalue weighted by atomic mass is 10.1. The largest absolute Gasteiger partial charge is 0.488 e. The number of benzene rings is 3. The van der Waals surface area contributed by atoms with Gasteiger partial charge >= 0.3 is 0 Å². The van der Waals surface area contributed by atoms with E-state index < -0.39 is 0 Å². The van der Waals surface area contributed by atoms with E-state index in [1.807, 2.05) is 96.6 Å². The fourth-order valence-electron chi connectivity index (χ4n) is 3.16. The van der Waals surface area contributed by atoms with Crippen LogP contribution in [0.2, 0.25) is 0 Å². The summed E-state index contributed by atoms with van der Waals surface area (Å²) in [5, 5.41) is 9.78. The van der Waals surface area contributed by atoms with Crippen molar-refractivity contribution in [1.82, 2.24) is 9.55 Å². The van der Waals surface area contributed by atoms with E-state index in [-0.39, 0.29) is 0 Å². The van der Waals surface area contributed by atoms with Crippen LogP contribution in [-0.4, -0.2) is 9.55 Å². The maximum Gasteiger partial charge on any atom is 0.151 e. The highest BCUT2D eigenvalue weighted by Crippen LogP contribution is 2.26. The molecule has 0 amide bonds. The van der Waals surface area contributed by atoms with Crippen LogP contribution in [0.15, 0.2) is 78.9 Å². The van der Waals surface area contributed by atoms with Gasteiger partial charge in [0.25, 0.3) is 0 Å². The number of nitriles is 1. The molecule has 0 radical (unpaired) electrons. The molecule has 1 aromatic heterocycles. The fourth-order valence-corrected chi connectivity index (χ4v) is 3.16. The summed E-state index contributed by atoms with van der Waals surface area (Å²) in [5.74, 6) is 1.37. The van der Waals surface area contributed by atoms with Crippen molar-refractivity contribution in [1.29, 1.82) is 5.26 Å². The number of imidazole rings is 1. The predicted octanol–water partition coefficient (Wildman–Crippen LogP) is 5.22. The second-order valence-corrected chi connectivity index (χ2v) is 6.47. The number of nitrogens with zero attached hydrogens (tertiary/aromatic N) is 3. The standard InChI is InChI=1S/C24H19N3O/c1-27-22-13-7-6-12-21(22)26-24(27)20(16-25)15-19-11-5-8-14-23(19)28-17-18-9-3-2-4-10-18/h2-15H,17H2,1H3/b20-15+. The molecule has 0 atom stereocenters. The maximum atomic E-state index is 9.78. The van der Waals surface area contributed by atoms with Gasteiger partial charge in [0.2, 0.25) is 0 Å². The van der Waals surface area contributed by atoms with Gasteiger partial charge in [-0.05, 0) is 29.8 Å². The van der Waals surface area contributed by atoms with Crippen LogP contribution in [0.1, 0.15) is 17.0 Å². The number of hydrogen-bond donors (Lipinski definition) is 0. The van der Waals surface area contributed by atoms with Crippen molar-refractivity contribution in [2.75, 3.05) is 0 Å². The third-order valence-corrected chi connectivity index (χ3v) is 4.60. The molecule has 0 aliphatic heterocycles. The van der Waals surface area contributed by atoms with E-state index in [1.165, 1.54) is 0 Å². The van der Waals surface area contributed by atoms with Crippen molar-refractivity contribution in [3.63, 3.8) is 0 Å². The summed E-state index contributed by atoms with van der Waals surface area (Å²) in [6, 6.07) is 27.9. The Morgan fingerprint density at radius 1 is 1.00 bits per heavy atom. The van der Waals surface area contributed by atoms with Crippen molar-refractivity contribution in [3.05, 3.63) is 95.8 Å². The minimum Gasteiger partial charge on any atom is -0.488 e. The molecule has 0 spiro atoms. The zero-order valence-corrected chi connectivity index (χ0v) is 15.5. The summed E-state index contributed by atoms with van der Waals surface area (Å²) in [6.07, 6.45) is 1.83. The molecular formula is C24H19N3O. The van der Waals surface area contributed by atoms with Gasteiger partial charge in [0.1, 0.15) is 18.4 Å². The fraction of sp³-hybridized carbons (Fsp3) is 0.0833. The zero-order valence-electron chi connectivity index (χ0n) is 15.5. The summed E-state index contributed by atoms with van der Waals surface area (Å²) in [4.78, 5) is 4.63. The van der Waals surface area contributed by atoms with Crippen LogP contribution < -0.4 is 4.74 Å². The van der Waals surface area contributed by atoms with Gasteiger partial charge in [-0.2, -0.15) is 5.26 Å². The molecule has 0 saturated heterocycles. The number of ether oxygens (including phenoxy) is 1. The summed E-state index contributed by atoms with van der Waals surface area (Å²) < 4.78 is 7.95. The van der Waals surface area contributed by atoms with Crippen LogP contribution in [0.4, 0.5) is 0 Å². The second kappa shape index (κ2) is 7.81. The smallest absolute Gasteiger partial charge is 0.151 e. The van der Waals surface area contributed by atoms with Gasteiger partial charge in [-0.25, -0.2) is 4.98 Å². The summed E-state index contributed by atoms with van der Waals surface area (Å²) in [6.45, 7) is 0.472. The van der Waals surface area contributed by atoms with E-state index in [4.69, 9.17) is 4.74 Å². The molecule has 3 aromatic carbocycles. The molecule has 1 heterocycles. The van der Waals surface area contributed by atoms with Gasteiger partial charge in [-0.3, -0.25) is 0 Å². The quantitative estimate of drug-likeness (QED) is 0.456. The number of allylic oxidation sites excluding steroid dienone is 1. The van der Waals surface area contributed by atoms with E-state index in [0.717, 1.165) is 27.9 Å². The topological polar surface area (TPSA) is 50.8 Å². The van der Waals surface area contributed by atoms with Crippen LogP contribution in [0.3, 0.4) is 0 Å². The van der Waals surface area contributed by atoms with Crippen molar-refractivity contribution < 1.29 is 4.74 Å². The highest BCUT2D eigenvalue weighted by atomic mass is 16.5. The maximum absolute atomic E-state index is 9.78. The Morgan fingerprint density at radius 3 is 2.50 bits per heavy atom. The molecule has 0 N–H and O–H groups in total. The monoisotopic (exact) mass is 365 g/mol. The number of rotatable bonds is 5. The number of hydrogen-bond acceptors (Lipinski definition) is 3. The highest BCUT2D eigenvalue weighted by Gasteiger charge is 2.13. The Balaban J connectivity index is 1.69. The molecule has 0 fully saturated rings. The second-order valence-electron chi connectivity index (χ2n) is 6.47. The van der Waals surface area contributed by atoms with E-state index in [2.05, 4.69) is 11.1 Å². The summed E-state index contributed by atoms with van der Waals surface area (Å²) >= 11 is 0. The molecule has 0 bridgehead atoms. The Labute approximate surface area is 164 Å². The molecule has 4 heteroatoms. The SMILES string of the molecule is Cn1c(/C(C#N)=C/c2ccccc2OCc2ccccc2)nc2ccccc21. The predicted molar refractivity (Wildman–Crippen MR) is 111 cm³/mol. The first-order valence-electron chi connectivity index (χ1n) is 9.05. The number of para-hydroxylation sites is 3. The van der Waals surface area contributed by atoms with E-state index in [1.54, 1.807) is 0 Å². The first-order valence-corrected chi connectivity index (χ1v) is 9.05. The van der Waals surface area contributed by atoms with Crippen molar-refractivity contribution in [3.8, 4) is 11.8 Å². The number of fused-ring (bicyclic) bond motifs is 1. The van der Waals surface area contributed by atoms with Crippen LogP contribution in [0.5, 0.6) is 5.75 Å². The van der Waals surface area contributed by atoms with Crippen molar-refractivity contribution in [2.45, 2.75) is 6.61 Å². The minimum absolute atomic E-state index is 0.472. The normalized spacial score (nSPS) is 11.4. The molecule has 4 rings (SSSR count). The molecule has 136 valence electrons. The van der Waals surface area contributed by atoms with E-state index >= 15 is 0 Å². The summed E-state index contributed by atoms with van der Waals surface area (Å²) in [7, 11) is 1.92. The van der Waals surface area contributed by atoms with Gasteiger partial charge in [0.05, 0.1) is 16.6 Å². The van der Waals surface area contributed by atoms with Crippen molar-refractivity contribution >= 4 is 22.7 Å². The molecular weight excluding hydrogens is 346 g/mol. The summed E-state index contributed by atoms with van der Waals surface area (Å²) in [5.41, 5.74) is 4.30. The zero-order chi connectivity index (χ0) is 19.3. The van der Waals surface area contributed by atoms with Gasteiger partial charge in [-0.1, -0.05) is 60.7 Å². The number of aromatic nitrogens is 2. The van der Waals surface area contributed by atoms with Gasteiger partial charge in [-0.15, -0.1) is 0 Å². The van der Waals surface area contributed by atoms with E-state index in [9.17, 15) is 5.26 Å². The van der Waals surface area contributed by atoms with Crippen LogP contribution in [0.25, 0.3) is 22.7 Å². The van der Waals surface area contributed by atoms with Crippen LogP contribution in [-0.2, 0) is 13.7 Å². The Bertz CT molecular complexity index is 1180. The molecule has 0 unspecified atom stereocenters. The van der Waals surface area contributed by atoms with Gasteiger partial charge < -0.3 is 9.30 Å². The highest BCUT2D eigenvalue weighted by molar-refractivity contribution is 5.91. The van der Waals surface area contributed by atoms with Crippen molar-refractivity contribution in [2.24, 2.45) is 7.05 Å². The first-order chi connectivity index (χ1) is 13.8. The van der Waals surface area contributed by atoms with Gasteiger partial charge in [0.15, 0.2) is 5.82 Å². The molecule has 0 saturated carbocycles. The Morgan fingerprint density at radius 2 is 1.71 bits per heavy atom. The molecule has 4 aromatic rings.